The van der Waals surface area contributed by atoms with Gasteiger partial charge in [-0.25, -0.2) is 4.79 Å². The summed E-state index contributed by atoms with van der Waals surface area (Å²) in [5.74, 6) is -0.801. The first-order valence-corrected chi connectivity index (χ1v) is 9.56. The summed E-state index contributed by atoms with van der Waals surface area (Å²) in [6.45, 7) is 7.69. The molecule has 6 heteroatoms. The highest BCUT2D eigenvalue weighted by Crippen LogP contribution is 2.46. The van der Waals surface area contributed by atoms with Crippen molar-refractivity contribution in [3.63, 3.8) is 0 Å². The standard InChI is InChI=1S/C23H27N3O3/c1-15-18(16(2)26(6)24-15)11-12-22(28)29-14-17(27)13-21-23(3,4)19-9-7-8-10-20(19)25(21)5/h7-13H,14H2,1-6H3/b12-11+,21-13-. The summed E-state index contributed by atoms with van der Waals surface area (Å²) in [5, 5.41) is 4.30. The highest BCUT2D eigenvalue weighted by molar-refractivity contribution is 5.96. The van der Waals surface area contributed by atoms with Gasteiger partial charge in [0.25, 0.3) is 0 Å². The number of hydrogen-bond donors (Lipinski definition) is 0. The van der Waals surface area contributed by atoms with E-state index >= 15 is 0 Å². The summed E-state index contributed by atoms with van der Waals surface area (Å²) in [7, 11) is 3.80. The minimum atomic E-state index is -0.554. The first kappa shape index (κ1) is 20.6. The first-order valence-electron chi connectivity index (χ1n) is 9.56. The van der Waals surface area contributed by atoms with Crippen molar-refractivity contribution < 1.29 is 14.3 Å². The Morgan fingerprint density at radius 1 is 1.17 bits per heavy atom. The second-order valence-corrected chi connectivity index (χ2v) is 7.85. The van der Waals surface area contributed by atoms with E-state index in [-0.39, 0.29) is 17.8 Å². The lowest BCUT2D eigenvalue weighted by molar-refractivity contribution is -0.141. The molecule has 1 aliphatic rings. The van der Waals surface area contributed by atoms with Gasteiger partial charge in [-0.1, -0.05) is 32.0 Å². The second-order valence-electron chi connectivity index (χ2n) is 7.85. The average molecular weight is 393 g/mol. The highest BCUT2D eigenvalue weighted by Gasteiger charge is 2.38. The largest absolute Gasteiger partial charge is 0.454 e. The topological polar surface area (TPSA) is 64.4 Å². The summed E-state index contributed by atoms with van der Waals surface area (Å²) in [6, 6.07) is 8.09. The number of likely N-dealkylation sites (N-methyl/N-ethyl adjacent to an activating group) is 1. The minimum Gasteiger partial charge on any atom is -0.454 e. The molecule has 0 bridgehead atoms. The van der Waals surface area contributed by atoms with Crippen molar-refractivity contribution >= 4 is 23.5 Å². The SMILES string of the molecule is Cc1nn(C)c(C)c1/C=C/C(=O)OCC(=O)/C=C1\N(C)c2ccccc2C1(C)C. The number of hydrogen-bond acceptors (Lipinski definition) is 5. The summed E-state index contributed by atoms with van der Waals surface area (Å²) in [5.41, 5.74) is 5.52. The Labute approximate surface area is 171 Å². The molecule has 0 unspecified atom stereocenters. The van der Waals surface area contributed by atoms with Crippen molar-refractivity contribution in [3.05, 3.63) is 64.6 Å². The molecule has 0 spiro atoms. The lowest BCUT2D eigenvalue weighted by Crippen LogP contribution is -2.25. The van der Waals surface area contributed by atoms with E-state index in [2.05, 4.69) is 25.0 Å². The van der Waals surface area contributed by atoms with E-state index in [1.807, 2.05) is 51.0 Å². The molecule has 0 atom stereocenters. The van der Waals surface area contributed by atoms with Crippen LogP contribution in [-0.4, -0.2) is 35.2 Å². The predicted molar refractivity (Wildman–Crippen MR) is 114 cm³/mol. The van der Waals surface area contributed by atoms with E-state index in [9.17, 15) is 9.59 Å². The maximum absolute atomic E-state index is 12.5. The highest BCUT2D eigenvalue weighted by atomic mass is 16.5. The molecule has 0 aliphatic carbocycles. The van der Waals surface area contributed by atoms with E-state index in [0.717, 1.165) is 28.3 Å². The number of ketones is 1. The van der Waals surface area contributed by atoms with Crippen LogP contribution in [0.1, 0.15) is 36.4 Å². The lowest BCUT2D eigenvalue weighted by Gasteiger charge is -2.23. The number of fused-ring (bicyclic) bond motifs is 1. The number of anilines is 1. The van der Waals surface area contributed by atoms with Gasteiger partial charge in [0.05, 0.1) is 5.69 Å². The molecule has 152 valence electrons. The van der Waals surface area contributed by atoms with Gasteiger partial charge in [-0.3, -0.25) is 9.48 Å². The number of benzene rings is 1. The molecule has 1 aromatic carbocycles. The smallest absolute Gasteiger partial charge is 0.331 e. The van der Waals surface area contributed by atoms with Gasteiger partial charge in [-0.2, -0.15) is 5.10 Å². The van der Waals surface area contributed by atoms with Crippen LogP contribution < -0.4 is 4.90 Å². The second kappa shape index (κ2) is 7.70. The van der Waals surface area contributed by atoms with Gasteiger partial charge in [0.2, 0.25) is 0 Å². The third kappa shape index (κ3) is 3.88. The number of rotatable bonds is 5. The van der Waals surface area contributed by atoms with Gasteiger partial charge < -0.3 is 9.64 Å². The van der Waals surface area contributed by atoms with Gasteiger partial charge in [0, 0.05) is 54.3 Å². The van der Waals surface area contributed by atoms with Crippen LogP contribution in [0.4, 0.5) is 5.69 Å². The number of nitrogens with zero attached hydrogens (tertiary/aromatic N) is 3. The zero-order valence-corrected chi connectivity index (χ0v) is 17.8. The van der Waals surface area contributed by atoms with Gasteiger partial charge in [-0.15, -0.1) is 0 Å². The average Bonchev–Trinajstić information content (AvgIpc) is 3.03. The van der Waals surface area contributed by atoms with Crippen LogP contribution >= 0.6 is 0 Å². The monoisotopic (exact) mass is 393 g/mol. The summed E-state index contributed by atoms with van der Waals surface area (Å²) in [4.78, 5) is 26.5. The molecule has 2 aromatic rings. The molecule has 0 saturated heterocycles. The first-order chi connectivity index (χ1) is 13.6. The van der Waals surface area contributed by atoms with Crippen molar-refractivity contribution in [1.82, 2.24) is 9.78 Å². The Kier molecular flexibility index (Phi) is 5.46. The Hall–Kier alpha value is -3.15. The number of aryl methyl sites for hydroxylation is 2. The fraction of sp³-hybridized carbons (Fsp3) is 0.348. The van der Waals surface area contributed by atoms with Gasteiger partial charge in [-0.05, 0) is 31.6 Å². The molecule has 0 radical (unpaired) electrons. The summed E-state index contributed by atoms with van der Waals surface area (Å²) in [6.07, 6.45) is 4.58. The zero-order chi connectivity index (χ0) is 21.3. The Morgan fingerprint density at radius 3 is 2.48 bits per heavy atom. The molecular weight excluding hydrogens is 366 g/mol. The maximum atomic E-state index is 12.5. The molecule has 2 heterocycles. The fourth-order valence-electron chi connectivity index (χ4n) is 3.83. The van der Waals surface area contributed by atoms with Gasteiger partial charge in [0.1, 0.15) is 0 Å². The van der Waals surface area contributed by atoms with Crippen LogP contribution in [0.3, 0.4) is 0 Å². The third-order valence-corrected chi connectivity index (χ3v) is 5.55. The molecule has 3 rings (SSSR count). The van der Waals surface area contributed by atoms with E-state index < -0.39 is 5.97 Å². The number of ether oxygens (including phenoxy) is 1. The Balaban J connectivity index is 1.65. The Morgan fingerprint density at radius 2 is 1.86 bits per heavy atom. The summed E-state index contributed by atoms with van der Waals surface area (Å²) >= 11 is 0. The Bertz CT molecular complexity index is 1030. The van der Waals surface area contributed by atoms with Crippen LogP contribution in [0.2, 0.25) is 0 Å². The number of carbonyl (C=O) groups excluding carboxylic acids is 2. The fourth-order valence-corrected chi connectivity index (χ4v) is 3.83. The third-order valence-electron chi connectivity index (χ3n) is 5.55. The molecule has 0 fully saturated rings. The van der Waals surface area contributed by atoms with Crippen molar-refractivity contribution in [2.45, 2.75) is 33.1 Å². The van der Waals surface area contributed by atoms with Crippen LogP contribution in [0.5, 0.6) is 0 Å². The number of carbonyl (C=O) groups is 2. The normalized spacial score (nSPS) is 16.5. The van der Waals surface area contributed by atoms with Crippen LogP contribution in [0, 0.1) is 13.8 Å². The molecule has 29 heavy (non-hydrogen) atoms. The molecule has 1 aromatic heterocycles. The molecule has 0 saturated carbocycles. The molecule has 0 N–H and O–H groups in total. The van der Waals surface area contributed by atoms with Crippen LogP contribution in [-0.2, 0) is 26.8 Å². The minimum absolute atomic E-state index is 0.247. The van der Waals surface area contributed by atoms with E-state index in [1.165, 1.54) is 11.6 Å². The molecule has 1 aliphatic heterocycles. The lowest BCUT2D eigenvalue weighted by atomic mass is 9.83. The molecule has 0 amide bonds. The van der Waals surface area contributed by atoms with E-state index in [4.69, 9.17) is 4.74 Å². The maximum Gasteiger partial charge on any atom is 0.331 e. The quantitative estimate of drug-likeness (QED) is 0.575. The van der Waals surface area contributed by atoms with Gasteiger partial charge >= 0.3 is 5.97 Å². The van der Waals surface area contributed by atoms with Crippen LogP contribution in [0.25, 0.3) is 6.08 Å². The molecular formula is C23H27N3O3. The van der Waals surface area contributed by atoms with E-state index in [1.54, 1.807) is 16.8 Å². The van der Waals surface area contributed by atoms with Crippen molar-refractivity contribution in [2.24, 2.45) is 7.05 Å². The van der Waals surface area contributed by atoms with Crippen molar-refractivity contribution in [2.75, 3.05) is 18.6 Å². The number of allylic oxidation sites excluding steroid dienone is 1. The van der Waals surface area contributed by atoms with Crippen molar-refractivity contribution in [1.29, 1.82) is 0 Å². The number of esters is 1. The zero-order valence-electron chi connectivity index (χ0n) is 17.8. The van der Waals surface area contributed by atoms with Gasteiger partial charge in [0.15, 0.2) is 12.4 Å². The molecule has 6 nitrogen and oxygen atoms in total. The van der Waals surface area contributed by atoms with Crippen LogP contribution in [0.15, 0.2) is 42.1 Å². The summed E-state index contributed by atoms with van der Waals surface area (Å²) < 4.78 is 6.90. The predicted octanol–water partition coefficient (Wildman–Crippen LogP) is 3.47. The number of para-hydroxylation sites is 1. The van der Waals surface area contributed by atoms with E-state index in [0.29, 0.717) is 0 Å². The number of aromatic nitrogens is 2. The van der Waals surface area contributed by atoms with Crippen molar-refractivity contribution in [3.8, 4) is 0 Å².